The predicted molar refractivity (Wildman–Crippen MR) is 89.3 cm³/mol. The van der Waals surface area contributed by atoms with Gasteiger partial charge in [-0.25, -0.2) is 0 Å². The molecule has 5 nitrogen and oxygen atoms in total. The number of amides is 1. The molecule has 2 N–H and O–H groups in total. The van der Waals surface area contributed by atoms with Crippen LogP contribution in [0.25, 0.3) is 0 Å². The summed E-state index contributed by atoms with van der Waals surface area (Å²) >= 11 is 0. The van der Waals surface area contributed by atoms with Crippen LogP contribution in [0.3, 0.4) is 0 Å². The van der Waals surface area contributed by atoms with Gasteiger partial charge in [0.1, 0.15) is 6.10 Å². The number of carbonyl (C=O) groups excluding carboxylic acids is 1. The topological polar surface area (TPSA) is 59.6 Å². The molecular weight excluding hydrogens is 316 g/mol. The number of piperidine rings is 1. The van der Waals surface area contributed by atoms with E-state index in [2.05, 4.69) is 10.6 Å². The summed E-state index contributed by atoms with van der Waals surface area (Å²) in [5, 5.41) is 6.75. The van der Waals surface area contributed by atoms with Gasteiger partial charge in [-0.15, -0.1) is 12.4 Å². The maximum absolute atomic E-state index is 12.6. The molecule has 0 aliphatic carbocycles. The molecule has 2 saturated heterocycles. The van der Waals surface area contributed by atoms with Gasteiger partial charge in [0.05, 0.1) is 0 Å². The normalized spacial score (nSPS) is 34.4. The van der Waals surface area contributed by atoms with E-state index in [4.69, 9.17) is 9.47 Å². The number of rotatable bonds is 2. The highest BCUT2D eigenvalue weighted by atomic mass is 35.5. The van der Waals surface area contributed by atoms with Crippen LogP contribution >= 0.6 is 12.4 Å². The molecule has 0 radical (unpaired) electrons. The average molecular weight is 339 g/mol. The number of halogens is 1. The second-order valence-electron chi connectivity index (χ2n) is 6.62. The molecule has 4 unspecified atom stereocenters. The molecule has 2 fully saturated rings. The Labute approximate surface area is 142 Å². The van der Waals surface area contributed by atoms with Crippen molar-refractivity contribution in [1.29, 1.82) is 0 Å². The molecule has 3 aliphatic rings. The van der Waals surface area contributed by atoms with Gasteiger partial charge < -0.3 is 20.1 Å². The van der Waals surface area contributed by atoms with E-state index < -0.39 is 6.10 Å². The summed E-state index contributed by atoms with van der Waals surface area (Å²) in [6, 6.07) is 8.87. The Morgan fingerprint density at radius 1 is 1.13 bits per heavy atom. The lowest BCUT2D eigenvalue weighted by molar-refractivity contribution is -0.134. The van der Waals surface area contributed by atoms with Crippen molar-refractivity contribution in [2.24, 2.45) is 0 Å². The van der Waals surface area contributed by atoms with Crippen molar-refractivity contribution < 1.29 is 14.3 Å². The van der Waals surface area contributed by atoms with Gasteiger partial charge in [0.15, 0.2) is 11.5 Å². The van der Waals surface area contributed by atoms with E-state index in [0.717, 1.165) is 12.8 Å². The first-order valence-electron chi connectivity index (χ1n) is 8.18. The minimum Gasteiger partial charge on any atom is -0.482 e. The Hall–Kier alpha value is -1.46. The first kappa shape index (κ1) is 16.4. The van der Waals surface area contributed by atoms with Crippen LogP contribution in [0.1, 0.15) is 32.6 Å². The molecule has 0 spiro atoms. The second-order valence-corrected chi connectivity index (χ2v) is 6.62. The number of para-hydroxylation sites is 2. The van der Waals surface area contributed by atoms with Gasteiger partial charge in [-0.1, -0.05) is 12.1 Å². The van der Waals surface area contributed by atoms with Crippen LogP contribution in [0.2, 0.25) is 0 Å². The van der Waals surface area contributed by atoms with E-state index in [1.54, 1.807) is 0 Å². The van der Waals surface area contributed by atoms with E-state index in [-0.39, 0.29) is 30.5 Å². The van der Waals surface area contributed by atoms with Gasteiger partial charge in [-0.2, -0.15) is 0 Å². The van der Waals surface area contributed by atoms with Crippen molar-refractivity contribution in [1.82, 2.24) is 10.6 Å². The number of ether oxygens (including phenoxy) is 2. The quantitative estimate of drug-likeness (QED) is 0.866. The van der Waals surface area contributed by atoms with Gasteiger partial charge in [0.25, 0.3) is 5.91 Å². The van der Waals surface area contributed by atoms with Crippen molar-refractivity contribution in [2.75, 3.05) is 0 Å². The molecule has 2 bridgehead atoms. The van der Waals surface area contributed by atoms with Crippen LogP contribution in [0, 0.1) is 0 Å². The van der Waals surface area contributed by atoms with E-state index in [0.29, 0.717) is 23.6 Å². The Morgan fingerprint density at radius 2 is 1.74 bits per heavy atom. The summed E-state index contributed by atoms with van der Waals surface area (Å²) in [7, 11) is 0. The molecule has 6 heteroatoms. The van der Waals surface area contributed by atoms with Crippen molar-refractivity contribution in [2.45, 2.75) is 62.9 Å². The largest absolute Gasteiger partial charge is 0.482 e. The molecule has 4 rings (SSSR count). The minimum atomic E-state index is -0.581. The van der Waals surface area contributed by atoms with Gasteiger partial charge in [-0.05, 0) is 44.7 Å². The maximum atomic E-state index is 12.6. The molecule has 0 saturated carbocycles. The number of benzene rings is 1. The first-order valence-corrected chi connectivity index (χ1v) is 8.18. The third-order valence-corrected chi connectivity index (χ3v) is 4.92. The number of hydrogen-bond donors (Lipinski definition) is 2. The third-order valence-electron chi connectivity index (χ3n) is 4.92. The third kappa shape index (κ3) is 3.26. The highest BCUT2D eigenvalue weighted by Gasteiger charge is 2.38. The van der Waals surface area contributed by atoms with Gasteiger partial charge in [-0.3, -0.25) is 4.79 Å². The minimum absolute atomic E-state index is 0. The van der Waals surface area contributed by atoms with Crippen molar-refractivity contribution in [3.8, 4) is 11.5 Å². The summed E-state index contributed by atoms with van der Waals surface area (Å²) in [6.45, 7) is 1.88. The molecule has 1 aromatic rings. The second kappa shape index (κ2) is 6.57. The number of nitrogens with one attached hydrogen (secondary N) is 2. The van der Waals surface area contributed by atoms with Crippen LogP contribution in [0.4, 0.5) is 0 Å². The zero-order chi connectivity index (χ0) is 15.1. The SMILES string of the molecule is CC1Oc2ccccc2OC1C(=O)NC1CC2CCC(C1)N2.Cl. The predicted octanol–water partition coefficient (Wildman–Crippen LogP) is 2.04. The highest BCUT2D eigenvalue weighted by molar-refractivity contribution is 5.85. The zero-order valence-corrected chi connectivity index (χ0v) is 14.0. The number of carbonyl (C=O) groups is 1. The van der Waals surface area contributed by atoms with Gasteiger partial charge >= 0.3 is 0 Å². The van der Waals surface area contributed by atoms with E-state index in [1.165, 1.54) is 12.8 Å². The fourth-order valence-electron chi connectivity index (χ4n) is 3.86. The molecule has 3 heterocycles. The van der Waals surface area contributed by atoms with Gasteiger partial charge in [0, 0.05) is 18.1 Å². The summed E-state index contributed by atoms with van der Waals surface area (Å²) < 4.78 is 11.7. The summed E-state index contributed by atoms with van der Waals surface area (Å²) in [4.78, 5) is 12.6. The Bertz CT molecular complexity index is 571. The average Bonchev–Trinajstić information content (AvgIpc) is 2.85. The van der Waals surface area contributed by atoms with E-state index >= 15 is 0 Å². The lowest BCUT2D eigenvalue weighted by Crippen LogP contribution is -2.54. The molecule has 4 atom stereocenters. The Kier molecular flexibility index (Phi) is 4.69. The van der Waals surface area contributed by atoms with Crippen LogP contribution in [-0.2, 0) is 4.79 Å². The van der Waals surface area contributed by atoms with Gasteiger partial charge in [0.2, 0.25) is 6.10 Å². The molecule has 23 heavy (non-hydrogen) atoms. The van der Waals surface area contributed by atoms with Crippen LogP contribution < -0.4 is 20.1 Å². The lowest BCUT2D eigenvalue weighted by Gasteiger charge is -2.34. The standard InChI is InChI=1S/C17H22N2O3.ClH/c1-10-16(22-15-5-3-2-4-14(15)21-10)17(20)19-13-8-11-6-7-12(9-13)18-11;/h2-5,10-13,16,18H,6-9H2,1H3,(H,19,20);1H. The molecule has 126 valence electrons. The van der Waals surface area contributed by atoms with Crippen LogP contribution in [-0.4, -0.2) is 36.2 Å². The first-order chi connectivity index (χ1) is 10.7. The lowest BCUT2D eigenvalue weighted by atomic mass is 9.99. The van der Waals surface area contributed by atoms with E-state index in [1.807, 2.05) is 31.2 Å². The van der Waals surface area contributed by atoms with Crippen molar-refractivity contribution >= 4 is 18.3 Å². The van der Waals surface area contributed by atoms with Crippen molar-refractivity contribution in [3.05, 3.63) is 24.3 Å². The zero-order valence-electron chi connectivity index (χ0n) is 13.2. The molecule has 0 aromatic heterocycles. The molecule has 1 amide bonds. The molecule has 3 aliphatic heterocycles. The van der Waals surface area contributed by atoms with Crippen LogP contribution in [0.15, 0.2) is 24.3 Å². The number of hydrogen-bond acceptors (Lipinski definition) is 4. The monoisotopic (exact) mass is 338 g/mol. The van der Waals surface area contributed by atoms with Crippen LogP contribution in [0.5, 0.6) is 11.5 Å². The highest BCUT2D eigenvalue weighted by Crippen LogP contribution is 2.34. The summed E-state index contributed by atoms with van der Waals surface area (Å²) in [5.41, 5.74) is 0. The van der Waals surface area contributed by atoms with Crippen molar-refractivity contribution in [3.63, 3.8) is 0 Å². The Balaban J connectivity index is 0.00000156. The molecule has 1 aromatic carbocycles. The van der Waals surface area contributed by atoms with E-state index in [9.17, 15) is 4.79 Å². The fraction of sp³-hybridized carbons (Fsp3) is 0.588. The Morgan fingerprint density at radius 3 is 2.39 bits per heavy atom. The summed E-state index contributed by atoms with van der Waals surface area (Å²) in [5.74, 6) is 1.29. The molecular formula is C17H23ClN2O3. The maximum Gasteiger partial charge on any atom is 0.265 e. The number of fused-ring (bicyclic) bond motifs is 3. The summed E-state index contributed by atoms with van der Waals surface area (Å²) in [6.07, 6.45) is 3.62. The smallest absolute Gasteiger partial charge is 0.265 e. The fourth-order valence-corrected chi connectivity index (χ4v) is 3.86.